The molecule has 3 rings (SSSR count). The molecule has 1 heterocycles. The zero-order valence-electron chi connectivity index (χ0n) is 15.4. The molecule has 1 aliphatic rings. The Morgan fingerprint density at radius 3 is 2.39 bits per heavy atom. The lowest BCUT2D eigenvalue weighted by molar-refractivity contribution is 0.0687. The number of rotatable bonds is 4. The second-order valence-corrected chi connectivity index (χ2v) is 6.97. The third-order valence-electron chi connectivity index (χ3n) is 4.94. The molecule has 7 heteroatoms. The number of carboxylic acids is 1. The van der Waals surface area contributed by atoms with Crippen molar-refractivity contribution in [2.45, 2.75) is 19.8 Å². The van der Waals surface area contributed by atoms with Crippen molar-refractivity contribution >= 4 is 23.5 Å². The number of piperidine rings is 1. The van der Waals surface area contributed by atoms with E-state index in [0.29, 0.717) is 24.6 Å². The van der Waals surface area contributed by atoms with Crippen LogP contribution in [0.15, 0.2) is 42.5 Å². The third kappa shape index (κ3) is 4.19. The van der Waals surface area contributed by atoms with Crippen molar-refractivity contribution in [3.63, 3.8) is 0 Å². The zero-order valence-corrected chi connectivity index (χ0v) is 15.4. The number of hydrogen-bond donors (Lipinski definition) is 2. The van der Waals surface area contributed by atoms with Crippen molar-refractivity contribution in [3.05, 3.63) is 65.0 Å². The minimum absolute atomic E-state index is 0.176. The van der Waals surface area contributed by atoms with Crippen molar-refractivity contribution in [1.29, 1.82) is 0 Å². The predicted molar refractivity (Wildman–Crippen MR) is 102 cm³/mol. The van der Waals surface area contributed by atoms with E-state index in [1.54, 1.807) is 29.2 Å². The van der Waals surface area contributed by atoms with Crippen LogP contribution in [0.25, 0.3) is 0 Å². The SMILES string of the molecule is CC1CCN(C(=O)c2ccccc2NC(=O)c2ccc(C(=O)O)cc2F)CC1. The van der Waals surface area contributed by atoms with E-state index in [-0.39, 0.29) is 22.7 Å². The molecular weight excluding hydrogens is 363 g/mol. The van der Waals surface area contributed by atoms with Crippen molar-refractivity contribution in [1.82, 2.24) is 4.90 Å². The third-order valence-corrected chi connectivity index (χ3v) is 4.94. The van der Waals surface area contributed by atoms with E-state index in [2.05, 4.69) is 12.2 Å². The lowest BCUT2D eigenvalue weighted by atomic mass is 9.98. The summed E-state index contributed by atoms with van der Waals surface area (Å²) in [5.41, 5.74) is 0.0915. The van der Waals surface area contributed by atoms with Crippen LogP contribution in [0, 0.1) is 11.7 Å². The molecule has 2 N–H and O–H groups in total. The molecule has 0 radical (unpaired) electrons. The van der Waals surface area contributed by atoms with Gasteiger partial charge in [-0.05, 0) is 49.1 Å². The number of carbonyl (C=O) groups excluding carboxylic acids is 2. The predicted octanol–water partition coefficient (Wildman–Crippen LogP) is 3.65. The molecule has 28 heavy (non-hydrogen) atoms. The Hall–Kier alpha value is -3.22. The van der Waals surface area contributed by atoms with E-state index in [1.807, 2.05) is 0 Å². The first-order valence-electron chi connectivity index (χ1n) is 9.09. The summed E-state index contributed by atoms with van der Waals surface area (Å²) in [7, 11) is 0. The zero-order chi connectivity index (χ0) is 20.3. The highest BCUT2D eigenvalue weighted by atomic mass is 19.1. The van der Waals surface area contributed by atoms with Crippen LogP contribution < -0.4 is 5.32 Å². The van der Waals surface area contributed by atoms with Crippen LogP contribution in [0.5, 0.6) is 0 Å². The van der Waals surface area contributed by atoms with Gasteiger partial charge in [-0.1, -0.05) is 19.1 Å². The molecule has 0 saturated carbocycles. The van der Waals surface area contributed by atoms with Gasteiger partial charge in [0.25, 0.3) is 11.8 Å². The molecule has 0 atom stereocenters. The van der Waals surface area contributed by atoms with Crippen LogP contribution in [0.3, 0.4) is 0 Å². The fraction of sp³-hybridized carbons (Fsp3) is 0.286. The van der Waals surface area contributed by atoms with Crippen LogP contribution in [-0.4, -0.2) is 40.9 Å². The molecule has 2 amide bonds. The summed E-state index contributed by atoms with van der Waals surface area (Å²) < 4.78 is 14.2. The molecule has 1 saturated heterocycles. The number of anilines is 1. The maximum atomic E-state index is 14.2. The van der Waals surface area contributed by atoms with Gasteiger partial charge in [0.15, 0.2) is 0 Å². The summed E-state index contributed by atoms with van der Waals surface area (Å²) in [6.07, 6.45) is 1.86. The number of carbonyl (C=O) groups is 3. The lowest BCUT2D eigenvalue weighted by Gasteiger charge is -2.30. The molecule has 1 aliphatic heterocycles. The highest BCUT2D eigenvalue weighted by molar-refractivity contribution is 6.09. The molecule has 0 aliphatic carbocycles. The van der Waals surface area contributed by atoms with E-state index in [9.17, 15) is 18.8 Å². The Morgan fingerprint density at radius 2 is 1.75 bits per heavy atom. The summed E-state index contributed by atoms with van der Waals surface area (Å²) in [4.78, 5) is 38.0. The number of carboxylic acid groups (broad SMARTS) is 1. The Kier molecular flexibility index (Phi) is 5.73. The van der Waals surface area contributed by atoms with Crippen molar-refractivity contribution < 1.29 is 23.9 Å². The monoisotopic (exact) mass is 384 g/mol. The van der Waals surface area contributed by atoms with Crippen molar-refractivity contribution in [2.75, 3.05) is 18.4 Å². The number of para-hydroxylation sites is 1. The average molecular weight is 384 g/mol. The summed E-state index contributed by atoms with van der Waals surface area (Å²) >= 11 is 0. The number of nitrogens with zero attached hydrogens (tertiary/aromatic N) is 1. The second kappa shape index (κ2) is 8.21. The number of likely N-dealkylation sites (tertiary alicyclic amines) is 1. The Morgan fingerprint density at radius 1 is 1.07 bits per heavy atom. The van der Waals surface area contributed by atoms with Crippen LogP contribution in [0.2, 0.25) is 0 Å². The fourth-order valence-electron chi connectivity index (χ4n) is 3.18. The fourth-order valence-corrected chi connectivity index (χ4v) is 3.18. The van der Waals surface area contributed by atoms with E-state index in [4.69, 9.17) is 5.11 Å². The minimum Gasteiger partial charge on any atom is -0.478 e. The number of benzene rings is 2. The molecule has 146 valence electrons. The van der Waals surface area contributed by atoms with E-state index in [0.717, 1.165) is 31.0 Å². The van der Waals surface area contributed by atoms with Crippen LogP contribution in [-0.2, 0) is 0 Å². The topological polar surface area (TPSA) is 86.7 Å². The largest absolute Gasteiger partial charge is 0.478 e. The van der Waals surface area contributed by atoms with Gasteiger partial charge >= 0.3 is 5.97 Å². The maximum absolute atomic E-state index is 14.2. The number of aromatic carboxylic acids is 1. The highest BCUT2D eigenvalue weighted by Gasteiger charge is 2.24. The molecule has 0 bridgehead atoms. The number of hydrogen-bond acceptors (Lipinski definition) is 3. The highest BCUT2D eigenvalue weighted by Crippen LogP contribution is 2.23. The van der Waals surface area contributed by atoms with Gasteiger partial charge in [-0.15, -0.1) is 0 Å². The van der Waals surface area contributed by atoms with Gasteiger partial charge in [0.05, 0.1) is 22.4 Å². The summed E-state index contributed by atoms with van der Waals surface area (Å²) in [5.74, 6) is -2.56. The minimum atomic E-state index is -1.28. The van der Waals surface area contributed by atoms with E-state index < -0.39 is 17.7 Å². The van der Waals surface area contributed by atoms with Crippen LogP contribution in [0.4, 0.5) is 10.1 Å². The standard InChI is InChI=1S/C21H21FN2O4/c1-13-8-10-24(11-9-13)20(26)16-4-2-3-5-18(16)23-19(25)15-7-6-14(21(27)28)12-17(15)22/h2-7,12-13H,8-11H2,1H3,(H,23,25)(H,27,28). The van der Waals surface area contributed by atoms with Gasteiger partial charge in [0.1, 0.15) is 5.82 Å². The first-order chi connectivity index (χ1) is 13.4. The molecule has 1 fully saturated rings. The quantitative estimate of drug-likeness (QED) is 0.842. The molecule has 0 aromatic heterocycles. The van der Waals surface area contributed by atoms with Gasteiger partial charge in [-0.2, -0.15) is 0 Å². The van der Waals surface area contributed by atoms with Crippen molar-refractivity contribution in [2.24, 2.45) is 5.92 Å². The van der Waals surface area contributed by atoms with Gasteiger partial charge in [0, 0.05) is 13.1 Å². The summed E-state index contributed by atoms with van der Waals surface area (Å²) in [5, 5.41) is 11.5. The summed E-state index contributed by atoms with van der Waals surface area (Å²) in [6, 6.07) is 9.66. The van der Waals surface area contributed by atoms with Crippen LogP contribution >= 0.6 is 0 Å². The Labute approximate surface area is 162 Å². The van der Waals surface area contributed by atoms with Gasteiger partial charge in [-0.3, -0.25) is 9.59 Å². The number of nitrogens with one attached hydrogen (secondary N) is 1. The van der Waals surface area contributed by atoms with E-state index in [1.165, 1.54) is 0 Å². The van der Waals surface area contributed by atoms with Gasteiger partial charge in [-0.25, -0.2) is 9.18 Å². The Balaban J connectivity index is 1.81. The molecule has 0 unspecified atom stereocenters. The van der Waals surface area contributed by atoms with Gasteiger partial charge < -0.3 is 15.3 Å². The number of halogens is 1. The lowest BCUT2D eigenvalue weighted by Crippen LogP contribution is -2.38. The first kappa shape index (κ1) is 19.5. The average Bonchev–Trinajstić information content (AvgIpc) is 2.68. The maximum Gasteiger partial charge on any atom is 0.335 e. The molecule has 0 spiro atoms. The summed E-state index contributed by atoms with van der Waals surface area (Å²) in [6.45, 7) is 3.47. The Bertz CT molecular complexity index is 920. The first-order valence-corrected chi connectivity index (χ1v) is 9.09. The van der Waals surface area contributed by atoms with E-state index >= 15 is 0 Å². The second-order valence-electron chi connectivity index (χ2n) is 6.97. The number of amides is 2. The van der Waals surface area contributed by atoms with Crippen molar-refractivity contribution in [3.8, 4) is 0 Å². The molecular formula is C21H21FN2O4. The normalized spacial score (nSPS) is 14.6. The molecule has 2 aromatic rings. The molecule has 2 aromatic carbocycles. The molecule has 6 nitrogen and oxygen atoms in total. The smallest absolute Gasteiger partial charge is 0.335 e. The van der Waals surface area contributed by atoms with Crippen LogP contribution in [0.1, 0.15) is 50.8 Å². The van der Waals surface area contributed by atoms with Gasteiger partial charge in [0.2, 0.25) is 0 Å².